The first-order valence-electron chi connectivity index (χ1n) is 22.8. The summed E-state index contributed by atoms with van der Waals surface area (Å²) >= 11 is 4.16. The Kier molecular flexibility index (Phi) is 17.9. The molecule has 1 heterocycles. The summed E-state index contributed by atoms with van der Waals surface area (Å²) in [5.74, 6) is 0.427. The van der Waals surface area contributed by atoms with Gasteiger partial charge in [0.25, 0.3) is 0 Å². The molecule has 0 unspecified atom stereocenters. The van der Waals surface area contributed by atoms with E-state index in [1.165, 1.54) is 45.8 Å². The number of esters is 2. The standard InChI is InChI=1S/C55H70N4O5S/c1-52(2,3)42-12-18-45(19-13-42)55(46-20-14-43(15-21-46)53(4,5)6,47-22-16-44(17-23-47)54(7,8)9)48-24-26-49(27-25-48)62-32-10-33-63-50(60)40-36-56-28-30-58-38-41(39-59-31-29-57-37-40)51(61)64-34-11-35-65/h12-27,36-39,56,59,65H,10-11,28-35H2,1-9H3/b40-36+,41-39+,57-37?,58-38?. The van der Waals surface area contributed by atoms with Gasteiger partial charge in [-0.05, 0) is 79.5 Å². The van der Waals surface area contributed by atoms with Crippen molar-refractivity contribution in [3.05, 3.63) is 160 Å². The molecule has 1 aliphatic heterocycles. The van der Waals surface area contributed by atoms with E-state index in [9.17, 15) is 9.59 Å². The second kappa shape index (κ2) is 23.0. The zero-order valence-corrected chi connectivity index (χ0v) is 40.9. The van der Waals surface area contributed by atoms with Crippen LogP contribution in [0.2, 0.25) is 0 Å². The molecular weight excluding hydrogens is 829 g/mol. The Labute approximate surface area is 393 Å². The molecule has 0 saturated carbocycles. The number of ether oxygens (including phenoxy) is 3. The molecule has 2 N–H and O–H groups in total. The number of carbonyl (C=O) groups is 2. The van der Waals surface area contributed by atoms with Crippen LogP contribution in [-0.2, 0) is 40.7 Å². The Bertz CT molecular complexity index is 2140. The fourth-order valence-corrected chi connectivity index (χ4v) is 7.65. The smallest absolute Gasteiger partial charge is 0.341 e. The van der Waals surface area contributed by atoms with Crippen LogP contribution < -0.4 is 15.4 Å². The third kappa shape index (κ3) is 13.9. The van der Waals surface area contributed by atoms with Gasteiger partial charge in [0.05, 0.1) is 49.5 Å². The van der Waals surface area contributed by atoms with Crippen LogP contribution >= 0.6 is 12.6 Å². The number of nitrogens with one attached hydrogen (secondary N) is 2. The van der Waals surface area contributed by atoms with E-state index < -0.39 is 17.4 Å². The van der Waals surface area contributed by atoms with Gasteiger partial charge in [-0.3, -0.25) is 9.98 Å². The average molecular weight is 899 g/mol. The number of hydrogen-bond acceptors (Lipinski definition) is 10. The van der Waals surface area contributed by atoms with Crippen LogP contribution in [-0.4, -0.2) is 76.1 Å². The number of benzene rings is 4. The summed E-state index contributed by atoms with van der Waals surface area (Å²) < 4.78 is 17.2. The van der Waals surface area contributed by atoms with Crippen molar-refractivity contribution in [1.82, 2.24) is 10.6 Å². The molecule has 0 atom stereocenters. The lowest BCUT2D eigenvalue weighted by atomic mass is 9.64. The van der Waals surface area contributed by atoms with Gasteiger partial charge < -0.3 is 24.8 Å². The normalized spacial score (nSPS) is 15.8. The lowest BCUT2D eigenvalue weighted by molar-refractivity contribution is -0.139. The van der Waals surface area contributed by atoms with E-state index in [1.54, 1.807) is 12.4 Å². The van der Waals surface area contributed by atoms with Crippen molar-refractivity contribution in [3.63, 3.8) is 0 Å². The number of thiol groups is 1. The molecule has 0 bridgehead atoms. The van der Waals surface area contributed by atoms with Crippen LogP contribution in [0.1, 0.15) is 114 Å². The summed E-state index contributed by atoms with van der Waals surface area (Å²) in [4.78, 5) is 34.3. The molecule has 0 aromatic heterocycles. The van der Waals surface area contributed by atoms with Gasteiger partial charge in [-0.25, -0.2) is 9.59 Å². The van der Waals surface area contributed by atoms with E-state index in [4.69, 9.17) is 14.2 Å². The highest BCUT2D eigenvalue weighted by Crippen LogP contribution is 2.47. The fourth-order valence-electron chi connectivity index (χ4n) is 7.52. The van der Waals surface area contributed by atoms with Crippen LogP contribution in [0.5, 0.6) is 5.75 Å². The summed E-state index contributed by atoms with van der Waals surface area (Å²) in [7, 11) is 0. The lowest BCUT2D eigenvalue weighted by Crippen LogP contribution is -2.31. The van der Waals surface area contributed by atoms with Crippen LogP contribution in [0.25, 0.3) is 0 Å². The summed E-state index contributed by atoms with van der Waals surface area (Å²) in [6.07, 6.45) is 7.31. The molecular formula is C55H70N4O5S. The Morgan fingerprint density at radius 2 is 0.846 bits per heavy atom. The third-order valence-corrected chi connectivity index (χ3v) is 11.7. The predicted octanol–water partition coefficient (Wildman–Crippen LogP) is 10.2. The first-order valence-corrected chi connectivity index (χ1v) is 23.5. The minimum atomic E-state index is -0.624. The van der Waals surface area contributed by atoms with Gasteiger partial charge in [0.2, 0.25) is 0 Å². The molecule has 0 amide bonds. The van der Waals surface area contributed by atoms with Gasteiger partial charge in [-0.2, -0.15) is 12.6 Å². The zero-order chi connectivity index (χ0) is 47.1. The Morgan fingerprint density at radius 1 is 0.508 bits per heavy atom. The summed E-state index contributed by atoms with van der Waals surface area (Å²) in [6.45, 7) is 22.7. The van der Waals surface area contributed by atoms with Crippen LogP contribution in [0.4, 0.5) is 0 Å². The van der Waals surface area contributed by atoms with Crippen LogP contribution in [0.3, 0.4) is 0 Å². The van der Waals surface area contributed by atoms with E-state index >= 15 is 0 Å². The quantitative estimate of drug-likeness (QED) is 0.0500. The number of hydrogen-bond donors (Lipinski definition) is 3. The van der Waals surface area contributed by atoms with Gasteiger partial charge in [0, 0.05) is 44.3 Å². The van der Waals surface area contributed by atoms with Crippen molar-refractivity contribution in [1.29, 1.82) is 0 Å². The zero-order valence-electron chi connectivity index (χ0n) is 40.0. The maximum absolute atomic E-state index is 13.1. The molecule has 0 radical (unpaired) electrons. The van der Waals surface area contributed by atoms with Gasteiger partial charge in [0.1, 0.15) is 5.75 Å². The van der Waals surface area contributed by atoms with Crippen molar-refractivity contribution in [2.75, 3.05) is 51.8 Å². The van der Waals surface area contributed by atoms with Gasteiger partial charge >= 0.3 is 11.9 Å². The van der Waals surface area contributed by atoms with Crippen molar-refractivity contribution in [2.45, 2.75) is 96.8 Å². The van der Waals surface area contributed by atoms with Crippen LogP contribution in [0.15, 0.2) is 131 Å². The number of nitrogens with zero attached hydrogens (tertiary/aromatic N) is 2. The average Bonchev–Trinajstić information content (AvgIpc) is 3.27. The van der Waals surface area contributed by atoms with E-state index in [1.807, 2.05) is 12.1 Å². The number of rotatable bonds is 14. The van der Waals surface area contributed by atoms with Crippen molar-refractivity contribution in [2.24, 2.45) is 9.98 Å². The molecule has 0 saturated heterocycles. The van der Waals surface area contributed by atoms with E-state index in [2.05, 4.69) is 180 Å². The van der Waals surface area contributed by atoms with Crippen molar-refractivity contribution in [3.8, 4) is 5.75 Å². The monoisotopic (exact) mass is 899 g/mol. The molecule has 4 aromatic carbocycles. The van der Waals surface area contributed by atoms with Gasteiger partial charge in [-0.1, -0.05) is 147 Å². The predicted molar refractivity (Wildman–Crippen MR) is 270 cm³/mol. The molecule has 0 spiro atoms. The molecule has 4 aromatic rings. The summed E-state index contributed by atoms with van der Waals surface area (Å²) in [5, 5.41) is 6.17. The Balaban J connectivity index is 1.31. The number of carbonyl (C=O) groups excluding carboxylic acids is 2. The summed E-state index contributed by atoms with van der Waals surface area (Å²) in [5.41, 5.74) is 8.58. The highest BCUT2D eigenvalue weighted by molar-refractivity contribution is 7.80. The summed E-state index contributed by atoms with van der Waals surface area (Å²) in [6, 6.07) is 35.9. The van der Waals surface area contributed by atoms with Crippen molar-refractivity contribution < 1.29 is 23.8 Å². The second-order valence-electron chi connectivity index (χ2n) is 19.5. The van der Waals surface area contributed by atoms with E-state index in [0.29, 0.717) is 69.1 Å². The first-order chi connectivity index (χ1) is 30.9. The minimum absolute atomic E-state index is 0.0143. The SMILES string of the molecule is CC(C)(C)c1ccc(C(c2ccc(OCCCOC(=O)/C3=C/NCCN=C/C(C(=O)OCCCS)=C\NCCN=C3)cc2)(c2ccc(C(C)(C)C)cc2)c2ccc(C(C)(C)C)cc2)cc1. The largest absolute Gasteiger partial charge is 0.493 e. The molecule has 0 aliphatic carbocycles. The number of aliphatic imine (C=N–C) groups is 2. The Morgan fingerprint density at radius 3 is 1.20 bits per heavy atom. The molecule has 1 aliphatic rings. The van der Waals surface area contributed by atoms with E-state index in [0.717, 1.165) is 11.3 Å². The Hall–Kier alpha value is -5.61. The maximum Gasteiger partial charge on any atom is 0.341 e. The second-order valence-corrected chi connectivity index (χ2v) is 19.9. The van der Waals surface area contributed by atoms with Crippen LogP contribution in [0, 0.1) is 0 Å². The molecule has 5 rings (SSSR count). The molecule has 0 fully saturated rings. The topological polar surface area (TPSA) is 111 Å². The first kappa shape index (κ1) is 50.4. The molecule has 10 heteroatoms. The van der Waals surface area contributed by atoms with Crippen molar-refractivity contribution >= 4 is 37.0 Å². The molecule has 346 valence electrons. The van der Waals surface area contributed by atoms with Gasteiger partial charge in [-0.15, -0.1) is 0 Å². The highest BCUT2D eigenvalue weighted by Gasteiger charge is 2.39. The third-order valence-electron chi connectivity index (χ3n) is 11.4. The van der Waals surface area contributed by atoms with E-state index in [-0.39, 0.29) is 22.9 Å². The lowest BCUT2D eigenvalue weighted by Gasteiger charge is -2.38. The molecule has 65 heavy (non-hydrogen) atoms. The fraction of sp³-hybridized carbons (Fsp3) is 0.418. The highest BCUT2D eigenvalue weighted by atomic mass is 32.1. The maximum atomic E-state index is 13.1. The molecule has 9 nitrogen and oxygen atoms in total. The minimum Gasteiger partial charge on any atom is -0.493 e. The van der Waals surface area contributed by atoms with Gasteiger partial charge in [0.15, 0.2) is 0 Å².